The smallest absolute Gasteiger partial charge is 0.188 e. The number of anilines is 1. The zero-order chi connectivity index (χ0) is 10.8. The molecular weight excluding hydrogens is 212 g/mol. The first kappa shape index (κ1) is 9.85. The fraction of sp³-hybridized carbons (Fsp3) is 0.222. The summed E-state index contributed by atoms with van der Waals surface area (Å²) in [5, 5.41) is 4.58. The predicted octanol–water partition coefficient (Wildman–Crippen LogP) is 1.17. The molecule has 2 heterocycles. The lowest BCUT2D eigenvalue weighted by molar-refractivity contribution is 0.101. The first-order valence-corrected chi connectivity index (χ1v) is 5.20. The third-order valence-corrected chi connectivity index (χ3v) is 2.91. The topological polar surface area (TPSA) is 73.8 Å². The number of nitrogens with two attached hydrogens (primary N) is 1. The number of thiazole rings is 1. The Hall–Kier alpha value is -1.69. The molecule has 2 rings (SSSR count). The molecule has 15 heavy (non-hydrogen) atoms. The molecule has 0 unspecified atom stereocenters. The molecule has 0 aliphatic heterocycles. The third kappa shape index (κ3) is 2.21. The van der Waals surface area contributed by atoms with E-state index in [-0.39, 0.29) is 5.78 Å². The third-order valence-electron chi connectivity index (χ3n) is 1.83. The van der Waals surface area contributed by atoms with E-state index in [1.165, 1.54) is 18.3 Å². The summed E-state index contributed by atoms with van der Waals surface area (Å²) in [5.41, 5.74) is 6.17. The fourth-order valence-corrected chi connectivity index (χ4v) is 1.97. The number of carbonyl (C=O) groups is 1. The molecule has 0 atom stereocenters. The van der Waals surface area contributed by atoms with Crippen molar-refractivity contribution >= 4 is 22.8 Å². The number of ketones is 1. The van der Waals surface area contributed by atoms with Crippen LogP contribution < -0.4 is 5.73 Å². The van der Waals surface area contributed by atoms with E-state index in [1.54, 1.807) is 23.3 Å². The summed E-state index contributed by atoms with van der Waals surface area (Å²) in [5.74, 6) is -0.00812. The zero-order valence-electron chi connectivity index (χ0n) is 8.17. The first-order valence-electron chi connectivity index (χ1n) is 4.39. The number of aromatic nitrogens is 3. The van der Waals surface area contributed by atoms with Gasteiger partial charge in [-0.3, -0.25) is 9.48 Å². The van der Waals surface area contributed by atoms with Crippen LogP contribution in [0.25, 0.3) is 0 Å². The normalized spacial score (nSPS) is 10.5. The molecule has 2 aromatic heterocycles. The number of nitrogens with zero attached hydrogens (tertiary/aromatic N) is 3. The van der Waals surface area contributed by atoms with Gasteiger partial charge in [0.05, 0.1) is 18.4 Å². The number of carbonyl (C=O) groups excluding carboxylic acids is 1. The van der Waals surface area contributed by atoms with Gasteiger partial charge in [-0.25, -0.2) is 4.98 Å². The van der Waals surface area contributed by atoms with Crippen molar-refractivity contribution in [1.82, 2.24) is 14.8 Å². The summed E-state index contributed by atoms with van der Waals surface area (Å²) in [6, 6.07) is 0. The van der Waals surface area contributed by atoms with E-state index in [0.29, 0.717) is 17.2 Å². The molecule has 0 radical (unpaired) electrons. The number of rotatable bonds is 3. The second-order valence-corrected chi connectivity index (χ2v) is 4.27. The fourth-order valence-electron chi connectivity index (χ4n) is 1.17. The van der Waals surface area contributed by atoms with Crippen LogP contribution in [0.1, 0.15) is 21.6 Å². The number of Topliss-reactive ketones (excluding diaryl/α,β-unsaturated/α-hetero) is 1. The summed E-state index contributed by atoms with van der Waals surface area (Å²) in [6.07, 6.45) is 5.03. The molecule has 2 N–H and O–H groups in total. The van der Waals surface area contributed by atoms with Crippen molar-refractivity contribution in [3.63, 3.8) is 0 Å². The molecule has 2 aromatic rings. The van der Waals surface area contributed by atoms with Crippen LogP contribution in [0.2, 0.25) is 0 Å². The molecular formula is C9H10N4OS. The second kappa shape index (κ2) is 3.82. The summed E-state index contributed by atoms with van der Waals surface area (Å²) in [7, 11) is 0. The van der Waals surface area contributed by atoms with Crippen molar-refractivity contribution < 1.29 is 4.79 Å². The quantitative estimate of drug-likeness (QED) is 0.791. The number of hydrogen-bond acceptors (Lipinski definition) is 5. The Balaban J connectivity index is 2.14. The molecule has 78 valence electrons. The van der Waals surface area contributed by atoms with Gasteiger partial charge in [0.1, 0.15) is 0 Å². The van der Waals surface area contributed by atoms with Crippen LogP contribution in [0, 0.1) is 0 Å². The van der Waals surface area contributed by atoms with Gasteiger partial charge in [-0.15, -0.1) is 11.3 Å². The molecule has 0 amide bonds. The van der Waals surface area contributed by atoms with Gasteiger partial charge in [0.2, 0.25) is 0 Å². The van der Waals surface area contributed by atoms with Crippen LogP contribution in [-0.2, 0) is 6.54 Å². The van der Waals surface area contributed by atoms with E-state index >= 15 is 0 Å². The van der Waals surface area contributed by atoms with E-state index in [2.05, 4.69) is 10.1 Å². The van der Waals surface area contributed by atoms with Crippen molar-refractivity contribution in [1.29, 1.82) is 0 Å². The Bertz CT molecular complexity index is 488. The van der Waals surface area contributed by atoms with Gasteiger partial charge in [0.15, 0.2) is 10.8 Å². The molecule has 0 saturated carbocycles. The van der Waals surface area contributed by atoms with Crippen molar-refractivity contribution in [2.24, 2.45) is 0 Å². The molecule has 0 saturated heterocycles. The van der Waals surface area contributed by atoms with E-state index in [4.69, 9.17) is 5.73 Å². The highest BCUT2D eigenvalue weighted by molar-refractivity contribution is 7.13. The lowest BCUT2D eigenvalue weighted by Crippen LogP contribution is -1.97. The standard InChI is InChI=1S/C9H10N4OS/c1-6(14)9-11-3-8(15-9)5-13-4-7(10)2-12-13/h2-4H,5,10H2,1H3. The van der Waals surface area contributed by atoms with E-state index in [1.807, 2.05) is 0 Å². The predicted molar refractivity (Wildman–Crippen MR) is 57.9 cm³/mol. The largest absolute Gasteiger partial charge is 0.396 e. The lowest BCUT2D eigenvalue weighted by Gasteiger charge is -1.95. The molecule has 0 bridgehead atoms. The molecule has 0 aliphatic carbocycles. The zero-order valence-corrected chi connectivity index (χ0v) is 8.99. The molecule has 0 aliphatic rings. The van der Waals surface area contributed by atoms with E-state index < -0.39 is 0 Å². The summed E-state index contributed by atoms with van der Waals surface area (Å²) < 4.78 is 1.72. The van der Waals surface area contributed by atoms with Gasteiger partial charge in [0, 0.05) is 24.2 Å². The summed E-state index contributed by atoms with van der Waals surface area (Å²) in [6.45, 7) is 2.11. The summed E-state index contributed by atoms with van der Waals surface area (Å²) >= 11 is 1.38. The average molecular weight is 222 g/mol. The minimum absolute atomic E-state index is 0.00812. The van der Waals surface area contributed by atoms with Crippen LogP contribution in [-0.4, -0.2) is 20.5 Å². The molecule has 0 spiro atoms. The molecule has 0 fully saturated rings. The highest BCUT2D eigenvalue weighted by atomic mass is 32.1. The first-order chi connectivity index (χ1) is 7.15. The van der Waals surface area contributed by atoms with Gasteiger partial charge in [0.25, 0.3) is 0 Å². The number of nitrogen functional groups attached to an aromatic ring is 1. The van der Waals surface area contributed by atoms with Crippen LogP contribution in [0.3, 0.4) is 0 Å². The monoisotopic (exact) mass is 222 g/mol. The molecule has 5 nitrogen and oxygen atoms in total. The average Bonchev–Trinajstić information content (AvgIpc) is 2.76. The van der Waals surface area contributed by atoms with E-state index in [9.17, 15) is 4.79 Å². The summed E-state index contributed by atoms with van der Waals surface area (Å²) in [4.78, 5) is 16.0. The Kier molecular flexibility index (Phi) is 2.51. The van der Waals surface area contributed by atoms with Gasteiger partial charge in [-0.1, -0.05) is 0 Å². The van der Waals surface area contributed by atoms with Crippen LogP contribution in [0.4, 0.5) is 5.69 Å². The Morgan fingerprint density at radius 2 is 2.40 bits per heavy atom. The lowest BCUT2D eigenvalue weighted by atomic mass is 10.5. The van der Waals surface area contributed by atoms with Crippen LogP contribution in [0.15, 0.2) is 18.6 Å². The van der Waals surface area contributed by atoms with Crippen LogP contribution >= 0.6 is 11.3 Å². The Morgan fingerprint density at radius 3 is 2.93 bits per heavy atom. The van der Waals surface area contributed by atoms with Crippen molar-refractivity contribution in [2.45, 2.75) is 13.5 Å². The minimum Gasteiger partial charge on any atom is -0.396 e. The SMILES string of the molecule is CC(=O)c1ncc(Cn2cc(N)cn2)s1. The van der Waals surface area contributed by atoms with Gasteiger partial charge < -0.3 is 5.73 Å². The molecule has 6 heteroatoms. The van der Waals surface area contributed by atoms with E-state index in [0.717, 1.165) is 4.88 Å². The van der Waals surface area contributed by atoms with Crippen LogP contribution in [0.5, 0.6) is 0 Å². The maximum Gasteiger partial charge on any atom is 0.188 e. The minimum atomic E-state index is -0.00812. The maximum absolute atomic E-state index is 11.0. The van der Waals surface area contributed by atoms with Gasteiger partial charge in [-0.2, -0.15) is 5.10 Å². The van der Waals surface area contributed by atoms with Crippen molar-refractivity contribution in [3.05, 3.63) is 28.5 Å². The Morgan fingerprint density at radius 1 is 1.60 bits per heavy atom. The Labute approximate surface area is 90.6 Å². The highest BCUT2D eigenvalue weighted by Gasteiger charge is 2.06. The number of hydrogen-bond donors (Lipinski definition) is 1. The molecule has 0 aromatic carbocycles. The van der Waals surface area contributed by atoms with Crippen molar-refractivity contribution in [2.75, 3.05) is 5.73 Å². The maximum atomic E-state index is 11.0. The van der Waals surface area contributed by atoms with Gasteiger partial charge >= 0.3 is 0 Å². The highest BCUT2D eigenvalue weighted by Crippen LogP contribution is 2.14. The second-order valence-electron chi connectivity index (χ2n) is 3.16. The van der Waals surface area contributed by atoms with Gasteiger partial charge in [-0.05, 0) is 0 Å². The van der Waals surface area contributed by atoms with Crippen molar-refractivity contribution in [3.8, 4) is 0 Å².